The summed E-state index contributed by atoms with van der Waals surface area (Å²) in [4.78, 5) is 8.42. The minimum atomic E-state index is 0.640. The van der Waals surface area contributed by atoms with E-state index in [-0.39, 0.29) is 0 Å². The third-order valence-electron chi connectivity index (χ3n) is 2.03. The molecule has 1 aliphatic rings. The second-order valence-corrected chi connectivity index (χ2v) is 3.33. The smallest absolute Gasteiger partial charge is 0.227 e. The van der Waals surface area contributed by atoms with Crippen molar-refractivity contribution < 1.29 is 0 Å². The van der Waals surface area contributed by atoms with Gasteiger partial charge in [-0.1, -0.05) is 18.2 Å². The van der Waals surface area contributed by atoms with Crippen molar-refractivity contribution in [3.63, 3.8) is 0 Å². The molecule has 0 amide bonds. The third kappa shape index (κ3) is 2.77. The molecule has 0 unspecified atom stereocenters. The minimum Gasteiger partial charge on any atom is -0.324 e. The van der Waals surface area contributed by atoms with Gasteiger partial charge in [0.05, 0.1) is 0 Å². The number of aryl methyl sites for hydroxylation is 1. The first-order valence-corrected chi connectivity index (χ1v) is 4.94. The summed E-state index contributed by atoms with van der Waals surface area (Å²) in [6.45, 7) is 1.95. The molecular weight excluding hydrogens is 186 g/mol. The normalized spacial score (nSPS) is 14.6. The molecule has 3 heteroatoms. The predicted octanol–water partition coefficient (Wildman–Crippen LogP) is 2.60. The Hall–Kier alpha value is -1.90. The first-order valence-electron chi connectivity index (χ1n) is 4.94. The maximum absolute atomic E-state index is 4.28. The van der Waals surface area contributed by atoms with Crippen molar-refractivity contribution in [2.75, 3.05) is 5.32 Å². The fourth-order valence-electron chi connectivity index (χ4n) is 1.30. The molecule has 0 aromatic carbocycles. The Balaban J connectivity index is 2.14. The topological polar surface area (TPSA) is 37.8 Å². The van der Waals surface area contributed by atoms with Gasteiger partial charge in [0.2, 0.25) is 5.95 Å². The molecule has 1 aliphatic carbocycles. The van der Waals surface area contributed by atoms with Crippen LogP contribution in [0.2, 0.25) is 0 Å². The van der Waals surface area contributed by atoms with Crippen LogP contribution in [-0.4, -0.2) is 9.97 Å². The van der Waals surface area contributed by atoms with Crippen molar-refractivity contribution in [3.05, 3.63) is 54.0 Å². The number of rotatable bonds is 2. The molecule has 0 bridgehead atoms. The number of hydrogen-bond acceptors (Lipinski definition) is 3. The first-order chi connectivity index (χ1) is 7.34. The predicted molar refractivity (Wildman–Crippen MR) is 61.4 cm³/mol. The lowest BCUT2D eigenvalue weighted by molar-refractivity contribution is 1.10. The van der Waals surface area contributed by atoms with Crippen molar-refractivity contribution in [3.8, 4) is 0 Å². The molecule has 1 heterocycles. The fourth-order valence-corrected chi connectivity index (χ4v) is 1.30. The van der Waals surface area contributed by atoms with Crippen molar-refractivity contribution in [1.29, 1.82) is 0 Å². The van der Waals surface area contributed by atoms with Crippen molar-refractivity contribution in [2.24, 2.45) is 0 Å². The average molecular weight is 199 g/mol. The lowest BCUT2D eigenvalue weighted by atomic mass is 10.3. The number of nitrogens with one attached hydrogen (secondary N) is 1. The maximum Gasteiger partial charge on any atom is 0.227 e. The van der Waals surface area contributed by atoms with Gasteiger partial charge in [-0.2, -0.15) is 0 Å². The Bertz CT molecular complexity index is 430. The van der Waals surface area contributed by atoms with Gasteiger partial charge in [-0.25, -0.2) is 9.97 Å². The van der Waals surface area contributed by atoms with E-state index in [9.17, 15) is 0 Å². The second kappa shape index (κ2) is 4.55. The summed E-state index contributed by atoms with van der Waals surface area (Å²) in [6, 6.07) is 1.88. The van der Waals surface area contributed by atoms with Crippen LogP contribution in [0.1, 0.15) is 12.1 Å². The SMILES string of the molecule is Cc1ccnc(NC2=CC=CCC=C2)n1. The van der Waals surface area contributed by atoms with E-state index in [2.05, 4.69) is 27.4 Å². The highest BCUT2D eigenvalue weighted by Crippen LogP contribution is 2.08. The molecule has 1 aromatic rings. The van der Waals surface area contributed by atoms with E-state index in [0.29, 0.717) is 5.95 Å². The highest BCUT2D eigenvalue weighted by molar-refractivity contribution is 5.42. The fraction of sp³-hybridized carbons (Fsp3) is 0.167. The van der Waals surface area contributed by atoms with Gasteiger partial charge >= 0.3 is 0 Å². The number of anilines is 1. The Morgan fingerprint density at radius 3 is 3.13 bits per heavy atom. The summed E-state index contributed by atoms with van der Waals surface area (Å²) in [7, 11) is 0. The van der Waals surface area contributed by atoms with E-state index in [0.717, 1.165) is 17.8 Å². The molecule has 3 nitrogen and oxygen atoms in total. The molecular formula is C12H13N3. The summed E-state index contributed by atoms with van der Waals surface area (Å²) >= 11 is 0. The summed E-state index contributed by atoms with van der Waals surface area (Å²) in [5.74, 6) is 0.640. The standard InChI is InChI=1S/C12H13N3/c1-10-8-9-13-12(14-10)15-11-6-4-2-3-5-7-11/h2,4-9H,3H2,1H3,(H,13,14,15). The highest BCUT2D eigenvalue weighted by Gasteiger charge is 1.97. The number of nitrogens with zero attached hydrogens (tertiary/aromatic N) is 2. The molecule has 1 aromatic heterocycles. The van der Waals surface area contributed by atoms with Gasteiger partial charge in [-0.15, -0.1) is 0 Å². The van der Waals surface area contributed by atoms with Gasteiger partial charge < -0.3 is 5.32 Å². The largest absolute Gasteiger partial charge is 0.324 e. The van der Waals surface area contributed by atoms with Crippen LogP contribution in [0.25, 0.3) is 0 Å². The molecule has 0 aliphatic heterocycles. The van der Waals surface area contributed by atoms with E-state index in [1.54, 1.807) is 6.20 Å². The number of hydrogen-bond donors (Lipinski definition) is 1. The summed E-state index contributed by atoms with van der Waals surface area (Å²) in [5.41, 5.74) is 1.97. The van der Waals surface area contributed by atoms with Gasteiger partial charge in [-0.05, 0) is 31.6 Å². The lowest BCUT2D eigenvalue weighted by Gasteiger charge is -2.04. The van der Waals surface area contributed by atoms with Crippen molar-refractivity contribution >= 4 is 5.95 Å². The third-order valence-corrected chi connectivity index (χ3v) is 2.03. The van der Waals surface area contributed by atoms with E-state index < -0.39 is 0 Å². The highest BCUT2D eigenvalue weighted by atomic mass is 15.1. The minimum absolute atomic E-state index is 0.640. The zero-order valence-electron chi connectivity index (χ0n) is 8.64. The van der Waals surface area contributed by atoms with Crippen LogP contribution in [0.4, 0.5) is 5.95 Å². The Kier molecular flexibility index (Phi) is 2.93. The Morgan fingerprint density at radius 1 is 1.33 bits per heavy atom. The zero-order chi connectivity index (χ0) is 10.5. The van der Waals surface area contributed by atoms with Crippen LogP contribution in [0, 0.1) is 6.92 Å². The second-order valence-electron chi connectivity index (χ2n) is 3.33. The zero-order valence-corrected chi connectivity index (χ0v) is 8.64. The van der Waals surface area contributed by atoms with E-state index >= 15 is 0 Å². The van der Waals surface area contributed by atoms with E-state index in [1.165, 1.54) is 0 Å². The molecule has 1 N–H and O–H groups in total. The van der Waals surface area contributed by atoms with Gasteiger partial charge in [-0.3, -0.25) is 0 Å². The van der Waals surface area contributed by atoms with Gasteiger partial charge in [0, 0.05) is 17.6 Å². The molecule has 0 radical (unpaired) electrons. The monoisotopic (exact) mass is 199 g/mol. The molecule has 0 saturated heterocycles. The number of allylic oxidation sites excluding steroid dienone is 5. The molecule has 0 saturated carbocycles. The van der Waals surface area contributed by atoms with Gasteiger partial charge in [0.25, 0.3) is 0 Å². The Morgan fingerprint density at radius 2 is 2.27 bits per heavy atom. The average Bonchev–Trinajstić information content (AvgIpc) is 2.46. The molecule has 15 heavy (non-hydrogen) atoms. The van der Waals surface area contributed by atoms with Gasteiger partial charge in [0.15, 0.2) is 0 Å². The number of aromatic nitrogens is 2. The maximum atomic E-state index is 4.28. The molecule has 0 fully saturated rings. The quantitative estimate of drug-likeness (QED) is 0.795. The molecule has 2 rings (SSSR count). The van der Waals surface area contributed by atoms with Gasteiger partial charge in [0.1, 0.15) is 0 Å². The van der Waals surface area contributed by atoms with Crippen LogP contribution in [0.5, 0.6) is 0 Å². The Labute approximate surface area is 89.3 Å². The van der Waals surface area contributed by atoms with Crippen LogP contribution >= 0.6 is 0 Å². The van der Waals surface area contributed by atoms with Crippen LogP contribution in [0.15, 0.2) is 48.3 Å². The van der Waals surface area contributed by atoms with E-state index in [4.69, 9.17) is 0 Å². The van der Waals surface area contributed by atoms with Crippen LogP contribution < -0.4 is 5.32 Å². The molecule has 0 atom stereocenters. The first kappa shape index (κ1) is 9.65. The van der Waals surface area contributed by atoms with Crippen molar-refractivity contribution in [1.82, 2.24) is 9.97 Å². The summed E-state index contributed by atoms with van der Waals surface area (Å²) in [6.07, 6.45) is 13.0. The van der Waals surface area contributed by atoms with Crippen LogP contribution in [0.3, 0.4) is 0 Å². The van der Waals surface area contributed by atoms with E-state index in [1.807, 2.05) is 31.2 Å². The molecule has 0 spiro atoms. The summed E-state index contributed by atoms with van der Waals surface area (Å²) < 4.78 is 0. The van der Waals surface area contributed by atoms with Crippen LogP contribution in [-0.2, 0) is 0 Å². The summed E-state index contributed by atoms with van der Waals surface area (Å²) in [5, 5.41) is 3.16. The lowest BCUT2D eigenvalue weighted by Crippen LogP contribution is -2.01. The molecule has 76 valence electrons. The van der Waals surface area contributed by atoms with Crippen molar-refractivity contribution in [2.45, 2.75) is 13.3 Å².